The second kappa shape index (κ2) is 8.87. The maximum Gasteiger partial charge on any atom is 0.227 e. The third kappa shape index (κ3) is 4.16. The van der Waals surface area contributed by atoms with Gasteiger partial charge in [0, 0.05) is 44.0 Å². The molecule has 2 aromatic rings. The number of hydrogen-bond donors (Lipinski definition) is 0. The first-order valence-electron chi connectivity index (χ1n) is 9.44. The molecule has 0 aliphatic carbocycles. The SMILES string of the molecule is COc1cc(N2CCN(C(=O)Cc3ccccc3C)CC2)cc(OC)c1OC. The summed E-state index contributed by atoms with van der Waals surface area (Å²) in [5, 5.41) is 0. The average molecular weight is 384 g/mol. The summed E-state index contributed by atoms with van der Waals surface area (Å²) in [5.41, 5.74) is 3.26. The van der Waals surface area contributed by atoms with Gasteiger partial charge in [-0.05, 0) is 18.1 Å². The summed E-state index contributed by atoms with van der Waals surface area (Å²) in [6.45, 7) is 4.96. The van der Waals surface area contributed by atoms with Gasteiger partial charge in [0.25, 0.3) is 0 Å². The van der Waals surface area contributed by atoms with Gasteiger partial charge in [0.15, 0.2) is 11.5 Å². The van der Waals surface area contributed by atoms with Crippen molar-refractivity contribution < 1.29 is 19.0 Å². The van der Waals surface area contributed by atoms with Gasteiger partial charge >= 0.3 is 0 Å². The number of rotatable bonds is 6. The van der Waals surface area contributed by atoms with Crippen molar-refractivity contribution in [3.8, 4) is 17.2 Å². The van der Waals surface area contributed by atoms with E-state index >= 15 is 0 Å². The molecule has 2 aromatic carbocycles. The van der Waals surface area contributed by atoms with Gasteiger partial charge in [-0.25, -0.2) is 0 Å². The van der Waals surface area contributed by atoms with Crippen molar-refractivity contribution >= 4 is 11.6 Å². The summed E-state index contributed by atoms with van der Waals surface area (Å²) in [6.07, 6.45) is 0.455. The van der Waals surface area contributed by atoms with Gasteiger partial charge in [-0.3, -0.25) is 4.79 Å². The van der Waals surface area contributed by atoms with Crippen molar-refractivity contribution in [2.45, 2.75) is 13.3 Å². The van der Waals surface area contributed by atoms with Gasteiger partial charge in [0.1, 0.15) is 0 Å². The van der Waals surface area contributed by atoms with E-state index in [4.69, 9.17) is 14.2 Å². The lowest BCUT2D eigenvalue weighted by Gasteiger charge is -2.36. The smallest absolute Gasteiger partial charge is 0.227 e. The van der Waals surface area contributed by atoms with E-state index in [0.29, 0.717) is 36.8 Å². The van der Waals surface area contributed by atoms with Crippen LogP contribution in [0.4, 0.5) is 5.69 Å². The Kier molecular flexibility index (Phi) is 6.29. The topological polar surface area (TPSA) is 51.2 Å². The number of carbonyl (C=O) groups excluding carboxylic acids is 1. The van der Waals surface area contributed by atoms with E-state index in [0.717, 1.165) is 29.9 Å². The fourth-order valence-corrected chi connectivity index (χ4v) is 3.55. The normalized spacial score (nSPS) is 14.0. The summed E-state index contributed by atoms with van der Waals surface area (Å²) < 4.78 is 16.3. The number of benzene rings is 2. The molecule has 1 aliphatic rings. The number of ether oxygens (including phenoxy) is 3. The Balaban J connectivity index is 1.67. The molecule has 0 bridgehead atoms. The first kappa shape index (κ1) is 19.9. The van der Waals surface area contributed by atoms with Gasteiger partial charge in [-0.15, -0.1) is 0 Å². The summed E-state index contributed by atoms with van der Waals surface area (Å²) in [6, 6.07) is 12.0. The summed E-state index contributed by atoms with van der Waals surface area (Å²) >= 11 is 0. The van der Waals surface area contributed by atoms with Gasteiger partial charge in [0.05, 0.1) is 27.8 Å². The average Bonchev–Trinajstić information content (AvgIpc) is 2.74. The van der Waals surface area contributed by atoms with Crippen LogP contribution in [0.2, 0.25) is 0 Å². The van der Waals surface area contributed by atoms with Crippen LogP contribution in [-0.4, -0.2) is 58.3 Å². The molecule has 1 aliphatic heterocycles. The van der Waals surface area contributed by atoms with Crippen molar-refractivity contribution in [3.05, 3.63) is 47.5 Å². The molecule has 150 valence electrons. The highest BCUT2D eigenvalue weighted by molar-refractivity contribution is 5.79. The number of amides is 1. The monoisotopic (exact) mass is 384 g/mol. The van der Waals surface area contributed by atoms with Crippen LogP contribution in [0.25, 0.3) is 0 Å². The molecule has 1 fully saturated rings. The maximum atomic E-state index is 12.7. The quantitative estimate of drug-likeness (QED) is 0.767. The summed E-state index contributed by atoms with van der Waals surface area (Å²) in [7, 11) is 4.82. The van der Waals surface area contributed by atoms with Crippen LogP contribution < -0.4 is 19.1 Å². The van der Waals surface area contributed by atoms with E-state index < -0.39 is 0 Å². The molecule has 0 unspecified atom stereocenters. The van der Waals surface area contributed by atoms with E-state index in [1.54, 1.807) is 21.3 Å². The Morgan fingerprint density at radius 2 is 1.54 bits per heavy atom. The number of nitrogens with zero attached hydrogens (tertiary/aromatic N) is 2. The predicted molar refractivity (Wildman–Crippen MR) is 110 cm³/mol. The van der Waals surface area contributed by atoms with Crippen LogP contribution >= 0.6 is 0 Å². The molecule has 1 saturated heterocycles. The Hall–Kier alpha value is -2.89. The molecular formula is C22H28N2O4. The molecule has 0 radical (unpaired) electrons. The van der Waals surface area contributed by atoms with Crippen molar-refractivity contribution in [2.24, 2.45) is 0 Å². The van der Waals surface area contributed by atoms with Crippen molar-refractivity contribution in [1.82, 2.24) is 4.90 Å². The first-order valence-corrected chi connectivity index (χ1v) is 9.44. The fraction of sp³-hybridized carbons (Fsp3) is 0.409. The predicted octanol–water partition coefficient (Wildman–Crippen LogP) is 2.91. The third-order valence-corrected chi connectivity index (χ3v) is 5.25. The number of anilines is 1. The lowest BCUT2D eigenvalue weighted by Crippen LogP contribution is -2.49. The molecular weight excluding hydrogens is 356 g/mol. The highest BCUT2D eigenvalue weighted by Crippen LogP contribution is 2.41. The molecule has 0 saturated carbocycles. The number of carbonyl (C=O) groups is 1. The lowest BCUT2D eigenvalue weighted by molar-refractivity contribution is -0.130. The van der Waals surface area contributed by atoms with Gasteiger partial charge in [0.2, 0.25) is 11.7 Å². The number of piperazine rings is 1. The molecule has 6 nitrogen and oxygen atoms in total. The molecule has 1 heterocycles. The van der Waals surface area contributed by atoms with Crippen LogP contribution in [0, 0.1) is 6.92 Å². The zero-order valence-electron chi connectivity index (χ0n) is 17.0. The van der Waals surface area contributed by atoms with Crippen LogP contribution in [0.1, 0.15) is 11.1 Å². The number of methoxy groups -OCH3 is 3. The molecule has 0 N–H and O–H groups in total. The molecule has 0 atom stereocenters. The van der Waals surface area contributed by atoms with Gasteiger partial charge in [-0.1, -0.05) is 24.3 Å². The maximum absolute atomic E-state index is 12.7. The van der Waals surface area contributed by atoms with E-state index in [2.05, 4.69) is 4.90 Å². The van der Waals surface area contributed by atoms with Crippen molar-refractivity contribution in [1.29, 1.82) is 0 Å². The van der Waals surface area contributed by atoms with E-state index in [1.807, 2.05) is 48.2 Å². The minimum atomic E-state index is 0.179. The van der Waals surface area contributed by atoms with Crippen LogP contribution in [-0.2, 0) is 11.2 Å². The fourth-order valence-electron chi connectivity index (χ4n) is 3.55. The Morgan fingerprint density at radius 3 is 2.07 bits per heavy atom. The summed E-state index contributed by atoms with van der Waals surface area (Å²) in [4.78, 5) is 16.9. The van der Waals surface area contributed by atoms with E-state index in [1.165, 1.54) is 0 Å². The zero-order chi connectivity index (χ0) is 20.1. The lowest BCUT2D eigenvalue weighted by atomic mass is 10.1. The minimum Gasteiger partial charge on any atom is -0.493 e. The van der Waals surface area contributed by atoms with Crippen LogP contribution in [0.15, 0.2) is 36.4 Å². The minimum absolute atomic E-state index is 0.179. The number of hydrogen-bond acceptors (Lipinski definition) is 5. The Labute approximate surface area is 166 Å². The van der Waals surface area contributed by atoms with Crippen molar-refractivity contribution in [3.63, 3.8) is 0 Å². The van der Waals surface area contributed by atoms with Gasteiger partial charge in [-0.2, -0.15) is 0 Å². The van der Waals surface area contributed by atoms with Crippen LogP contribution in [0.5, 0.6) is 17.2 Å². The first-order chi connectivity index (χ1) is 13.6. The Bertz CT molecular complexity index is 804. The Morgan fingerprint density at radius 1 is 0.929 bits per heavy atom. The molecule has 0 aromatic heterocycles. The summed E-state index contributed by atoms with van der Waals surface area (Å²) in [5.74, 6) is 2.03. The largest absolute Gasteiger partial charge is 0.493 e. The highest BCUT2D eigenvalue weighted by atomic mass is 16.5. The van der Waals surface area contributed by atoms with Gasteiger partial charge < -0.3 is 24.0 Å². The third-order valence-electron chi connectivity index (χ3n) is 5.25. The van der Waals surface area contributed by atoms with E-state index in [-0.39, 0.29) is 5.91 Å². The second-order valence-corrected chi connectivity index (χ2v) is 6.85. The zero-order valence-corrected chi connectivity index (χ0v) is 17.0. The molecule has 0 spiro atoms. The molecule has 28 heavy (non-hydrogen) atoms. The van der Waals surface area contributed by atoms with Crippen molar-refractivity contribution in [2.75, 3.05) is 52.4 Å². The molecule has 6 heteroatoms. The second-order valence-electron chi connectivity index (χ2n) is 6.85. The highest BCUT2D eigenvalue weighted by Gasteiger charge is 2.23. The van der Waals surface area contributed by atoms with Crippen LogP contribution in [0.3, 0.4) is 0 Å². The standard InChI is InChI=1S/C22H28N2O4/c1-16-7-5-6-8-17(16)13-21(25)24-11-9-23(10-12-24)18-14-19(26-2)22(28-4)20(15-18)27-3/h5-8,14-15H,9-13H2,1-4H3. The molecule has 3 rings (SSSR count). The molecule has 1 amide bonds. The van der Waals surface area contributed by atoms with E-state index in [9.17, 15) is 4.79 Å². The number of aryl methyl sites for hydroxylation is 1.